The lowest BCUT2D eigenvalue weighted by molar-refractivity contribution is -0.125. The highest BCUT2D eigenvalue weighted by Crippen LogP contribution is 2.43. The molecule has 1 rings (SSSR count). The second kappa shape index (κ2) is 4.65. The van der Waals surface area contributed by atoms with Gasteiger partial charge in [-0.05, 0) is 12.1 Å². The molecule has 0 spiro atoms. The van der Waals surface area contributed by atoms with Crippen LogP contribution in [0.25, 0.3) is 0 Å². The third-order valence-corrected chi connectivity index (χ3v) is 4.04. The van der Waals surface area contributed by atoms with Gasteiger partial charge in [-0.25, -0.2) is 0 Å². The summed E-state index contributed by atoms with van der Waals surface area (Å²) in [7, 11) is 0. The molecule has 0 saturated heterocycles. The van der Waals surface area contributed by atoms with Gasteiger partial charge in [0, 0.05) is 11.6 Å². The molecule has 2 nitrogen and oxygen atoms in total. The molecule has 0 aliphatic carbocycles. The van der Waals surface area contributed by atoms with Gasteiger partial charge in [0.25, 0.3) is 0 Å². The van der Waals surface area contributed by atoms with Crippen molar-refractivity contribution >= 4 is 51.0 Å². The Morgan fingerprint density at radius 1 is 1.27 bits per heavy atom. The summed E-state index contributed by atoms with van der Waals surface area (Å²) in [5.41, 5.74) is 0.464. The topological polar surface area (TPSA) is 30.0 Å². The molecule has 1 heterocycles. The van der Waals surface area contributed by atoms with Crippen molar-refractivity contribution in [2.24, 2.45) is 5.41 Å². The lowest BCUT2D eigenvalue weighted by atomic mass is 9.88. The van der Waals surface area contributed by atoms with Crippen LogP contribution >= 0.6 is 45.2 Å². The number of aromatic nitrogens is 1. The average Bonchev–Trinajstić information content (AvgIpc) is 2.16. The number of nitrogens with zero attached hydrogens (tertiary/aromatic N) is 1. The van der Waals surface area contributed by atoms with E-state index in [0.717, 1.165) is 5.69 Å². The van der Waals surface area contributed by atoms with Gasteiger partial charge >= 0.3 is 0 Å². The number of carbonyl (C=O) groups excluding carboxylic acids is 1. The van der Waals surface area contributed by atoms with Crippen molar-refractivity contribution in [2.75, 3.05) is 0 Å². The molecule has 0 aliphatic heterocycles. The molecule has 0 radical (unpaired) electrons. The van der Waals surface area contributed by atoms with Crippen molar-refractivity contribution in [3.05, 3.63) is 30.1 Å². The number of alkyl halides is 2. The summed E-state index contributed by atoms with van der Waals surface area (Å²) in [5.74, 6) is 0.190. The van der Waals surface area contributed by atoms with Gasteiger partial charge in [-0.2, -0.15) is 0 Å². The number of pyridine rings is 1. The van der Waals surface area contributed by atoms with Crippen molar-refractivity contribution in [3.63, 3.8) is 0 Å². The smallest absolute Gasteiger partial charge is 0.173 e. The van der Waals surface area contributed by atoms with Crippen LogP contribution in [0.1, 0.15) is 26.5 Å². The number of carbonyl (C=O) groups is 1. The minimum atomic E-state index is -0.574. The van der Waals surface area contributed by atoms with E-state index in [2.05, 4.69) is 50.2 Å². The predicted octanol–water partition coefficient (Wildman–Crippen LogP) is 3.72. The van der Waals surface area contributed by atoms with E-state index in [1.165, 1.54) is 0 Å². The summed E-state index contributed by atoms with van der Waals surface area (Å²) in [6, 6.07) is 5.65. The summed E-state index contributed by atoms with van der Waals surface area (Å²) in [4.78, 5) is 16.5. The zero-order chi connectivity index (χ0) is 11.7. The van der Waals surface area contributed by atoms with Gasteiger partial charge < -0.3 is 0 Å². The highest BCUT2D eigenvalue weighted by atomic mass is 127. The van der Waals surface area contributed by atoms with E-state index in [1.807, 2.05) is 39.0 Å². The van der Waals surface area contributed by atoms with E-state index in [1.54, 1.807) is 6.20 Å². The molecule has 0 atom stereocenters. The van der Waals surface area contributed by atoms with E-state index < -0.39 is 1.43 Å². The van der Waals surface area contributed by atoms with Gasteiger partial charge in [-0.3, -0.25) is 9.78 Å². The van der Waals surface area contributed by atoms with E-state index in [9.17, 15) is 4.79 Å². The van der Waals surface area contributed by atoms with Gasteiger partial charge in [0.1, 0.15) is 0 Å². The molecule has 15 heavy (non-hydrogen) atoms. The van der Waals surface area contributed by atoms with Gasteiger partial charge in [-0.1, -0.05) is 72.0 Å². The van der Waals surface area contributed by atoms with Crippen LogP contribution in [0, 0.1) is 5.41 Å². The van der Waals surface area contributed by atoms with Crippen LogP contribution < -0.4 is 0 Å². The Balaban J connectivity index is 3.09. The van der Waals surface area contributed by atoms with E-state index in [4.69, 9.17) is 0 Å². The average molecular weight is 429 g/mol. The lowest BCUT2D eigenvalue weighted by Crippen LogP contribution is -2.34. The zero-order valence-electron chi connectivity index (χ0n) is 8.92. The number of rotatable bonds is 2. The number of halogens is 2. The highest BCUT2D eigenvalue weighted by molar-refractivity contribution is 14.2. The fraction of sp³-hybridized carbons (Fsp3) is 0.455. The quantitative estimate of drug-likeness (QED) is 0.530. The molecule has 4 heteroatoms. The van der Waals surface area contributed by atoms with E-state index in [0.29, 0.717) is 0 Å². The Morgan fingerprint density at radius 2 is 1.87 bits per heavy atom. The van der Waals surface area contributed by atoms with Crippen LogP contribution in [0.5, 0.6) is 0 Å². The summed E-state index contributed by atoms with van der Waals surface area (Å²) in [6.07, 6.45) is 1.72. The number of hydrogen-bond donors (Lipinski definition) is 0. The van der Waals surface area contributed by atoms with Crippen LogP contribution in [0.2, 0.25) is 0 Å². The first kappa shape index (κ1) is 13.3. The van der Waals surface area contributed by atoms with Crippen LogP contribution in [0.15, 0.2) is 24.4 Å². The van der Waals surface area contributed by atoms with Crippen LogP contribution in [-0.4, -0.2) is 10.8 Å². The molecular weight excluding hydrogens is 416 g/mol. The maximum Gasteiger partial charge on any atom is 0.173 e. The molecular formula is C11H13I2NO. The molecule has 82 valence electrons. The van der Waals surface area contributed by atoms with Crippen molar-refractivity contribution < 1.29 is 4.79 Å². The fourth-order valence-corrected chi connectivity index (χ4v) is 3.39. The van der Waals surface area contributed by atoms with Crippen LogP contribution in [0.4, 0.5) is 0 Å². The fourth-order valence-electron chi connectivity index (χ4n) is 1.14. The van der Waals surface area contributed by atoms with Crippen molar-refractivity contribution in [1.29, 1.82) is 0 Å². The maximum atomic E-state index is 12.2. The third-order valence-electron chi connectivity index (χ3n) is 1.95. The summed E-state index contributed by atoms with van der Waals surface area (Å²) >= 11 is 4.33. The summed E-state index contributed by atoms with van der Waals surface area (Å²) in [6.45, 7) is 5.80. The molecule has 0 amide bonds. The first-order chi connectivity index (χ1) is 6.76. The highest BCUT2D eigenvalue weighted by Gasteiger charge is 2.41. The molecule has 1 aromatic rings. The van der Waals surface area contributed by atoms with Crippen LogP contribution in [-0.2, 0) is 6.22 Å². The zero-order valence-corrected chi connectivity index (χ0v) is 13.2. The second-order valence-electron chi connectivity index (χ2n) is 4.37. The first-order valence-corrected chi connectivity index (χ1v) is 6.76. The molecule has 0 bridgehead atoms. The Morgan fingerprint density at radius 3 is 2.27 bits per heavy atom. The number of hydrogen-bond acceptors (Lipinski definition) is 2. The van der Waals surface area contributed by atoms with Gasteiger partial charge in [0.15, 0.2) is 7.21 Å². The lowest BCUT2D eigenvalue weighted by Gasteiger charge is -2.27. The standard InChI is InChI=1S/C11H13I2NO/c1-10(2,3)9(15)11(12,13)8-6-4-5-7-14-8/h4-7H,1-3H3. The van der Waals surface area contributed by atoms with Gasteiger partial charge in [0.2, 0.25) is 0 Å². The molecule has 0 saturated carbocycles. The third kappa shape index (κ3) is 3.12. The molecule has 0 aliphatic rings. The Bertz CT molecular complexity index is 355. The molecule has 1 aromatic heterocycles. The predicted molar refractivity (Wildman–Crippen MR) is 78.4 cm³/mol. The van der Waals surface area contributed by atoms with E-state index in [-0.39, 0.29) is 11.2 Å². The summed E-state index contributed by atoms with van der Waals surface area (Å²) in [5, 5.41) is 0. The second-order valence-corrected chi connectivity index (χ2v) is 9.67. The van der Waals surface area contributed by atoms with E-state index >= 15 is 0 Å². The molecule has 0 fully saturated rings. The normalized spacial score (nSPS) is 12.6. The Hall–Kier alpha value is 0.280. The SMILES string of the molecule is CC(C)(C)C(=O)C(I)(I)c1ccccn1. The van der Waals surface area contributed by atoms with Gasteiger partial charge in [-0.15, -0.1) is 0 Å². The van der Waals surface area contributed by atoms with Crippen molar-refractivity contribution in [1.82, 2.24) is 4.98 Å². The summed E-state index contributed by atoms with van der Waals surface area (Å²) < 4.78 is -0.574. The minimum Gasteiger partial charge on any atom is -0.296 e. The number of ketones is 1. The minimum absolute atomic E-state index is 0.190. The molecule has 0 N–H and O–H groups in total. The van der Waals surface area contributed by atoms with Crippen LogP contribution in [0.3, 0.4) is 0 Å². The van der Waals surface area contributed by atoms with Crippen molar-refractivity contribution in [2.45, 2.75) is 22.2 Å². The largest absolute Gasteiger partial charge is 0.296 e. The van der Waals surface area contributed by atoms with Gasteiger partial charge in [0.05, 0.1) is 5.69 Å². The molecule has 0 aromatic carbocycles. The van der Waals surface area contributed by atoms with Crippen molar-refractivity contribution in [3.8, 4) is 0 Å². The maximum absolute atomic E-state index is 12.2. The Kier molecular flexibility index (Phi) is 4.13. The number of Topliss-reactive ketones (excluding diaryl/α,β-unsaturated/α-hetero) is 1. The first-order valence-electron chi connectivity index (χ1n) is 4.60. The molecule has 0 unspecified atom stereocenters. The Labute approximate surface area is 118 Å². The monoisotopic (exact) mass is 429 g/mol.